The molecule has 0 aromatic carbocycles. The summed E-state index contributed by atoms with van der Waals surface area (Å²) in [5.74, 6) is 3.91. The van der Waals surface area contributed by atoms with Gasteiger partial charge >= 0.3 is 0 Å². The highest BCUT2D eigenvalue weighted by Crippen LogP contribution is 2.39. The molecule has 4 rings (SSSR count). The quantitative estimate of drug-likeness (QED) is 0.864. The molecule has 3 aliphatic rings. The first-order valence-corrected chi connectivity index (χ1v) is 7.08. The summed E-state index contributed by atoms with van der Waals surface area (Å²) >= 11 is 0. The van der Waals surface area contributed by atoms with Crippen molar-refractivity contribution in [2.75, 3.05) is 19.6 Å². The van der Waals surface area contributed by atoms with Crippen molar-refractivity contribution in [1.29, 1.82) is 0 Å². The van der Waals surface area contributed by atoms with E-state index in [1.807, 2.05) is 0 Å². The summed E-state index contributed by atoms with van der Waals surface area (Å²) in [6, 6.07) is 0.632. The molecule has 98 valence electrons. The maximum Gasteiger partial charge on any atom is 0.229 e. The van der Waals surface area contributed by atoms with E-state index < -0.39 is 0 Å². The van der Waals surface area contributed by atoms with Crippen LogP contribution in [0.25, 0.3) is 0 Å². The maximum atomic E-state index is 5.33. The van der Waals surface area contributed by atoms with Crippen molar-refractivity contribution in [3.05, 3.63) is 11.7 Å². The number of rotatable bonds is 3. The minimum absolute atomic E-state index is 0.561. The van der Waals surface area contributed by atoms with Crippen LogP contribution in [0.1, 0.15) is 37.4 Å². The molecule has 2 aliphatic heterocycles. The Kier molecular flexibility index (Phi) is 2.45. The van der Waals surface area contributed by atoms with Crippen molar-refractivity contribution in [3.8, 4) is 0 Å². The topological polar surface area (TPSA) is 54.2 Å². The van der Waals surface area contributed by atoms with E-state index in [2.05, 4.69) is 27.3 Å². The van der Waals surface area contributed by atoms with Crippen molar-refractivity contribution < 1.29 is 4.52 Å². The normalized spacial score (nSPS) is 36.2. The van der Waals surface area contributed by atoms with Gasteiger partial charge in [0.15, 0.2) is 5.82 Å². The van der Waals surface area contributed by atoms with Gasteiger partial charge in [-0.3, -0.25) is 4.90 Å². The van der Waals surface area contributed by atoms with Crippen LogP contribution in [0.4, 0.5) is 0 Å². The fourth-order valence-corrected chi connectivity index (χ4v) is 3.47. The van der Waals surface area contributed by atoms with Gasteiger partial charge in [0.2, 0.25) is 5.89 Å². The fraction of sp³-hybridized carbons (Fsp3) is 0.846. The molecule has 5 heteroatoms. The van der Waals surface area contributed by atoms with Gasteiger partial charge in [0.05, 0.1) is 6.54 Å². The zero-order chi connectivity index (χ0) is 12.1. The summed E-state index contributed by atoms with van der Waals surface area (Å²) in [4.78, 5) is 7.04. The van der Waals surface area contributed by atoms with Gasteiger partial charge < -0.3 is 9.84 Å². The average molecular weight is 248 g/mol. The van der Waals surface area contributed by atoms with Crippen LogP contribution in [0, 0.1) is 11.8 Å². The van der Waals surface area contributed by atoms with Crippen molar-refractivity contribution in [2.24, 2.45) is 11.8 Å². The highest BCUT2D eigenvalue weighted by molar-refractivity contribution is 5.03. The summed E-state index contributed by atoms with van der Waals surface area (Å²) in [7, 11) is 0. The first-order valence-electron chi connectivity index (χ1n) is 7.08. The Morgan fingerprint density at radius 2 is 2.28 bits per heavy atom. The van der Waals surface area contributed by atoms with Crippen molar-refractivity contribution in [3.63, 3.8) is 0 Å². The summed E-state index contributed by atoms with van der Waals surface area (Å²) in [5.41, 5.74) is 0. The Hall–Kier alpha value is -0.940. The standard InChI is InChI=1S/C13H20N4O/c1-8-11-5-14-4-10(11)6-17(8)7-12-15-13(18-16-12)9-2-3-9/h8-11,14H,2-7H2,1H3. The molecule has 2 saturated heterocycles. The molecule has 1 saturated carbocycles. The number of nitrogens with zero attached hydrogens (tertiary/aromatic N) is 3. The predicted octanol–water partition coefficient (Wildman–Crippen LogP) is 0.987. The molecule has 3 heterocycles. The highest BCUT2D eigenvalue weighted by Gasteiger charge is 2.42. The summed E-state index contributed by atoms with van der Waals surface area (Å²) < 4.78 is 5.33. The third kappa shape index (κ3) is 1.77. The minimum atomic E-state index is 0.561. The van der Waals surface area contributed by atoms with Gasteiger partial charge in [-0.15, -0.1) is 0 Å². The lowest BCUT2D eigenvalue weighted by Gasteiger charge is -2.22. The van der Waals surface area contributed by atoms with Crippen LogP contribution in [0.15, 0.2) is 4.52 Å². The molecule has 0 amide bonds. The largest absolute Gasteiger partial charge is 0.339 e. The maximum absolute atomic E-state index is 5.33. The molecule has 3 fully saturated rings. The van der Waals surface area contributed by atoms with Gasteiger partial charge in [0.1, 0.15) is 0 Å². The molecule has 5 nitrogen and oxygen atoms in total. The lowest BCUT2D eigenvalue weighted by molar-refractivity contribution is 0.222. The van der Waals surface area contributed by atoms with Gasteiger partial charge in [-0.2, -0.15) is 4.98 Å². The number of hydrogen-bond donors (Lipinski definition) is 1. The van der Waals surface area contributed by atoms with Crippen LogP contribution >= 0.6 is 0 Å². The van der Waals surface area contributed by atoms with E-state index in [0.717, 1.165) is 30.1 Å². The average Bonchev–Trinajstić information content (AvgIpc) is 2.83. The third-order valence-corrected chi connectivity index (χ3v) is 4.81. The number of hydrogen-bond acceptors (Lipinski definition) is 5. The Bertz CT molecular complexity index is 442. The lowest BCUT2D eigenvalue weighted by Crippen LogP contribution is -2.33. The van der Waals surface area contributed by atoms with Gasteiger partial charge in [-0.05, 0) is 44.7 Å². The first kappa shape index (κ1) is 10.9. The van der Waals surface area contributed by atoms with Gasteiger partial charge in [-0.25, -0.2) is 0 Å². The van der Waals surface area contributed by atoms with E-state index in [1.54, 1.807) is 0 Å². The Morgan fingerprint density at radius 3 is 3.06 bits per heavy atom. The molecule has 0 spiro atoms. The van der Waals surface area contributed by atoms with Gasteiger partial charge in [0, 0.05) is 18.5 Å². The second-order valence-electron chi connectivity index (χ2n) is 6.08. The van der Waals surface area contributed by atoms with Crippen molar-refractivity contribution in [2.45, 2.75) is 38.3 Å². The Labute approximate surface area is 107 Å². The lowest BCUT2D eigenvalue weighted by atomic mass is 9.95. The van der Waals surface area contributed by atoms with E-state index in [0.29, 0.717) is 12.0 Å². The molecule has 1 aromatic heterocycles. The second-order valence-corrected chi connectivity index (χ2v) is 6.08. The van der Waals surface area contributed by atoms with E-state index in [4.69, 9.17) is 4.52 Å². The van der Waals surface area contributed by atoms with E-state index in [9.17, 15) is 0 Å². The molecular weight excluding hydrogens is 228 g/mol. The predicted molar refractivity (Wildman–Crippen MR) is 66.0 cm³/mol. The monoisotopic (exact) mass is 248 g/mol. The number of likely N-dealkylation sites (tertiary alicyclic amines) is 1. The van der Waals surface area contributed by atoms with Crippen LogP contribution in [0.5, 0.6) is 0 Å². The van der Waals surface area contributed by atoms with Crippen LogP contribution in [-0.4, -0.2) is 40.7 Å². The van der Waals surface area contributed by atoms with E-state index >= 15 is 0 Å². The van der Waals surface area contributed by atoms with Crippen molar-refractivity contribution >= 4 is 0 Å². The van der Waals surface area contributed by atoms with Crippen LogP contribution in [0.2, 0.25) is 0 Å². The zero-order valence-corrected chi connectivity index (χ0v) is 10.8. The van der Waals surface area contributed by atoms with Crippen LogP contribution < -0.4 is 5.32 Å². The molecule has 3 unspecified atom stereocenters. The summed E-state index contributed by atoms with van der Waals surface area (Å²) in [5, 5.41) is 7.62. The number of nitrogens with one attached hydrogen (secondary N) is 1. The molecule has 18 heavy (non-hydrogen) atoms. The molecule has 1 aromatic rings. The molecular formula is C13H20N4O. The molecule has 0 bridgehead atoms. The Morgan fingerprint density at radius 1 is 1.39 bits per heavy atom. The Balaban J connectivity index is 1.44. The summed E-state index contributed by atoms with van der Waals surface area (Å²) in [6.07, 6.45) is 2.44. The molecule has 1 N–H and O–H groups in total. The molecule has 0 radical (unpaired) electrons. The second kappa shape index (κ2) is 4.03. The summed E-state index contributed by atoms with van der Waals surface area (Å²) in [6.45, 7) is 6.70. The molecule has 1 aliphatic carbocycles. The third-order valence-electron chi connectivity index (χ3n) is 4.81. The minimum Gasteiger partial charge on any atom is -0.339 e. The van der Waals surface area contributed by atoms with Gasteiger partial charge in [0.25, 0.3) is 0 Å². The van der Waals surface area contributed by atoms with E-state index in [-0.39, 0.29) is 0 Å². The smallest absolute Gasteiger partial charge is 0.229 e. The fourth-order valence-electron chi connectivity index (χ4n) is 3.47. The number of aromatic nitrogens is 2. The van der Waals surface area contributed by atoms with Crippen LogP contribution in [0.3, 0.4) is 0 Å². The zero-order valence-electron chi connectivity index (χ0n) is 10.8. The first-order chi connectivity index (χ1) is 8.81. The van der Waals surface area contributed by atoms with E-state index in [1.165, 1.54) is 32.5 Å². The number of fused-ring (bicyclic) bond motifs is 1. The SMILES string of the molecule is CC1C2CNCC2CN1Cc1noc(C2CC2)n1. The molecule has 3 atom stereocenters. The highest BCUT2D eigenvalue weighted by atomic mass is 16.5. The van der Waals surface area contributed by atoms with Crippen LogP contribution in [-0.2, 0) is 6.54 Å². The van der Waals surface area contributed by atoms with Crippen molar-refractivity contribution in [1.82, 2.24) is 20.4 Å². The van der Waals surface area contributed by atoms with Gasteiger partial charge in [-0.1, -0.05) is 5.16 Å².